The fraction of sp³-hybridized carbons (Fsp3) is 0.600. The smallest absolute Gasteiger partial charge is 0.182 e. The first-order valence-electron chi connectivity index (χ1n) is 7.07. The third-order valence-corrected chi connectivity index (χ3v) is 4.58. The minimum Gasteiger partial charge on any atom is -0.363 e. The van der Waals surface area contributed by atoms with E-state index in [2.05, 4.69) is 12.2 Å². The van der Waals surface area contributed by atoms with Gasteiger partial charge in [-0.2, -0.15) is 0 Å². The highest BCUT2D eigenvalue weighted by atomic mass is 19.2. The number of hydrogen-bond acceptors (Lipinski definition) is 2. The molecule has 1 aliphatic carbocycles. The van der Waals surface area contributed by atoms with Crippen molar-refractivity contribution in [1.29, 1.82) is 0 Å². The lowest BCUT2D eigenvalue weighted by Gasteiger charge is -2.46. The molecule has 2 nitrogen and oxygen atoms in total. The predicted molar refractivity (Wildman–Crippen MR) is 72.4 cm³/mol. The van der Waals surface area contributed by atoms with Crippen LogP contribution in [0.4, 0.5) is 14.5 Å². The van der Waals surface area contributed by atoms with Crippen LogP contribution in [0, 0.1) is 11.6 Å². The molecule has 1 atom stereocenters. The van der Waals surface area contributed by atoms with Gasteiger partial charge in [0.2, 0.25) is 0 Å². The molecule has 1 saturated carbocycles. The Morgan fingerprint density at radius 1 is 1.26 bits per heavy atom. The number of nitrogens with one attached hydrogen (secondary N) is 1. The molecule has 2 aliphatic rings. The second-order valence-corrected chi connectivity index (χ2v) is 5.92. The van der Waals surface area contributed by atoms with Crippen LogP contribution in [0.25, 0.3) is 0 Å². The SMILES string of the molecule is CC1CNC2(CCCC2)CN1c1cccc(F)c1F. The summed E-state index contributed by atoms with van der Waals surface area (Å²) in [6.07, 6.45) is 4.71. The number of benzene rings is 1. The summed E-state index contributed by atoms with van der Waals surface area (Å²) in [6.45, 7) is 3.66. The average Bonchev–Trinajstić information content (AvgIpc) is 2.85. The molecule has 104 valence electrons. The molecule has 2 fully saturated rings. The minimum atomic E-state index is -0.760. The first-order valence-corrected chi connectivity index (χ1v) is 7.07. The summed E-state index contributed by atoms with van der Waals surface area (Å²) in [7, 11) is 0. The molecule has 4 heteroatoms. The van der Waals surface area contributed by atoms with E-state index in [1.54, 1.807) is 12.1 Å². The topological polar surface area (TPSA) is 15.3 Å². The van der Waals surface area contributed by atoms with Gasteiger partial charge in [-0.05, 0) is 31.9 Å². The molecule has 1 aromatic carbocycles. The van der Waals surface area contributed by atoms with Crippen molar-refractivity contribution in [3.63, 3.8) is 0 Å². The van der Waals surface area contributed by atoms with Gasteiger partial charge < -0.3 is 10.2 Å². The van der Waals surface area contributed by atoms with Crippen molar-refractivity contribution in [2.75, 3.05) is 18.0 Å². The van der Waals surface area contributed by atoms with Gasteiger partial charge in [-0.1, -0.05) is 18.9 Å². The largest absolute Gasteiger partial charge is 0.363 e. The Labute approximate surface area is 112 Å². The zero-order valence-electron chi connectivity index (χ0n) is 11.3. The number of rotatable bonds is 1. The highest BCUT2D eigenvalue weighted by Gasteiger charge is 2.40. The number of halogens is 2. The van der Waals surface area contributed by atoms with Crippen LogP contribution in [-0.4, -0.2) is 24.7 Å². The third-order valence-electron chi connectivity index (χ3n) is 4.58. The van der Waals surface area contributed by atoms with E-state index in [1.165, 1.54) is 18.9 Å². The van der Waals surface area contributed by atoms with Crippen molar-refractivity contribution >= 4 is 5.69 Å². The highest BCUT2D eigenvalue weighted by Crippen LogP contribution is 2.35. The molecular weight excluding hydrogens is 246 g/mol. The van der Waals surface area contributed by atoms with Crippen molar-refractivity contribution in [3.05, 3.63) is 29.8 Å². The second kappa shape index (κ2) is 4.75. The Balaban J connectivity index is 1.91. The normalized spacial score (nSPS) is 26.1. The lowest BCUT2D eigenvalue weighted by atomic mass is 9.92. The number of nitrogens with zero attached hydrogens (tertiary/aromatic N) is 1. The quantitative estimate of drug-likeness (QED) is 0.840. The van der Waals surface area contributed by atoms with E-state index in [9.17, 15) is 8.78 Å². The molecular formula is C15H20F2N2. The maximum absolute atomic E-state index is 14.0. The number of piperazine rings is 1. The fourth-order valence-electron chi connectivity index (χ4n) is 3.44. The van der Waals surface area contributed by atoms with E-state index in [0.29, 0.717) is 5.69 Å². The highest BCUT2D eigenvalue weighted by molar-refractivity contribution is 5.50. The predicted octanol–water partition coefficient (Wildman–Crippen LogP) is 3.08. The monoisotopic (exact) mass is 266 g/mol. The standard InChI is InChI=1S/C15H20F2N2/c1-11-9-18-15(7-2-3-8-15)10-19(11)13-6-4-5-12(16)14(13)17/h4-6,11,18H,2-3,7-10H2,1H3. The molecule has 0 radical (unpaired) electrons. The first-order chi connectivity index (χ1) is 9.11. The van der Waals surface area contributed by atoms with Crippen LogP contribution < -0.4 is 10.2 Å². The first kappa shape index (κ1) is 12.9. The molecule has 1 saturated heterocycles. The van der Waals surface area contributed by atoms with Crippen LogP contribution in [0.3, 0.4) is 0 Å². The van der Waals surface area contributed by atoms with Gasteiger partial charge in [0.05, 0.1) is 5.69 Å². The zero-order valence-corrected chi connectivity index (χ0v) is 11.3. The molecule has 3 rings (SSSR count). The molecule has 1 aromatic rings. The van der Waals surface area contributed by atoms with E-state index in [1.807, 2.05) is 4.90 Å². The molecule has 0 aromatic heterocycles. The van der Waals surface area contributed by atoms with E-state index in [0.717, 1.165) is 25.9 Å². The molecule has 0 bridgehead atoms. The van der Waals surface area contributed by atoms with Crippen LogP contribution in [-0.2, 0) is 0 Å². The molecule has 1 heterocycles. The summed E-state index contributed by atoms with van der Waals surface area (Å²) < 4.78 is 27.4. The van der Waals surface area contributed by atoms with Crippen molar-refractivity contribution in [3.8, 4) is 0 Å². The lowest BCUT2D eigenvalue weighted by molar-refractivity contribution is 0.275. The summed E-state index contributed by atoms with van der Waals surface area (Å²) in [5.41, 5.74) is 0.505. The van der Waals surface area contributed by atoms with Gasteiger partial charge in [-0.15, -0.1) is 0 Å². The Bertz CT molecular complexity index is 469. The van der Waals surface area contributed by atoms with Gasteiger partial charge in [0.1, 0.15) is 0 Å². The van der Waals surface area contributed by atoms with Crippen molar-refractivity contribution in [2.24, 2.45) is 0 Å². The van der Waals surface area contributed by atoms with Crippen LogP contribution in [0.2, 0.25) is 0 Å². The Kier molecular flexibility index (Phi) is 3.21. The van der Waals surface area contributed by atoms with Crippen LogP contribution in [0.15, 0.2) is 18.2 Å². The van der Waals surface area contributed by atoms with Gasteiger partial charge in [-0.25, -0.2) is 8.78 Å². The zero-order chi connectivity index (χ0) is 13.5. The van der Waals surface area contributed by atoms with Gasteiger partial charge in [0.15, 0.2) is 11.6 Å². The summed E-state index contributed by atoms with van der Waals surface area (Å²) in [5, 5.41) is 3.62. The van der Waals surface area contributed by atoms with E-state index < -0.39 is 11.6 Å². The van der Waals surface area contributed by atoms with Gasteiger partial charge in [0.25, 0.3) is 0 Å². The molecule has 1 N–H and O–H groups in total. The van der Waals surface area contributed by atoms with Crippen LogP contribution in [0.5, 0.6) is 0 Å². The average molecular weight is 266 g/mol. The third kappa shape index (κ3) is 2.22. The molecule has 1 unspecified atom stereocenters. The maximum Gasteiger partial charge on any atom is 0.182 e. The van der Waals surface area contributed by atoms with Crippen molar-refractivity contribution in [1.82, 2.24) is 5.32 Å². The van der Waals surface area contributed by atoms with Crippen LogP contribution in [0.1, 0.15) is 32.6 Å². The lowest BCUT2D eigenvalue weighted by Crippen LogP contribution is -2.62. The molecule has 1 aliphatic heterocycles. The summed E-state index contributed by atoms with van der Waals surface area (Å²) in [4.78, 5) is 2.03. The number of anilines is 1. The van der Waals surface area contributed by atoms with E-state index >= 15 is 0 Å². The Morgan fingerprint density at radius 3 is 2.74 bits per heavy atom. The fourth-order valence-corrected chi connectivity index (χ4v) is 3.44. The molecule has 0 amide bonds. The van der Waals surface area contributed by atoms with Crippen molar-refractivity contribution in [2.45, 2.75) is 44.2 Å². The summed E-state index contributed by atoms with van der Waals surface area (Å²) in [6, 6.07) is 4.63. The Morgan fingerprint density at radius 2 is 2.00 bits per heavy atom. The minimum absolute atomic E-state index is 0.102. The van der Waals surface area contributed by atoms with E-state index in [4.69, 9.17) is 0 Å². The number of hydrogen-bond donors (Lipinski definition) is 1. The van der Waals surface area contributed by atoms with Gasteiger partial charge in [-0.3, -0.25) is 0 Å². The molecule has 19 heavy (non-hydrogen) atoms. The Hall–Kier alpha value is -1.16. The summed E-state index contributed by atoms with van der Waals surface area (Å²) >= 11 is 0. The van der Waals surface area contributed by atoms with Crippen LogP contribution >= 0.6 is 0 Å². The molecule has 1 spiro atoms. The van der Waals surface area contributed by atoms with Crippen molar-refractivity contribution < 1.29 is 8.78 Å². The van der Waals surface area contributed by atoms with Gasteiger partial charge in [0, 0.05) is 24.7 Å². The maximum atomic E-state index is 14.0. The summed E-state index contributed by atoms with van der Waals surface area (Å²) in [5.74, 6) is -1.48. The van der Waals surface area contributed by atoms with Gasteiger partial charge >= 0.3 is 0 Å². The van der Waals surface area contributed by atoms with E-state index in [-0.39, 0.29) is 11.6 Å². The second-order valence-electron chi connectivity index (χ2n) is 5.92.